The van der Waals surface area contributed by atoms with Crippen molar-refractivity contribution in [2.45, 2.75) is 24.8 Å². The molecule has 0 fully saturated rings. The van der Waals surface area contributed by atoms with Gasteiger partial charge in [0.05, 0.1) is 17.8 Å². The van der Waals surface area contributed by atoms with Gasteiger partial charge in [-0.15, -0.1) is 0 Å². The van der Waals surface area contributed by atoms with E-state index in [0.29, 0.717) is 6.42 Å². The van der Waals surface area contributed by atoms with Gasteiger partial charge in [0.1, 0.15) is 0 Å². The average Bonchev–Trinajstić information content (AvgIpc) is 2.61. The maximum absolute atomic E-state index is 11.1. The Morgan fingerprint density at radius 3 is 2.65 bits per heavy atom. The molecule has 1 aromatic heterocycles. The van der Waals surface area contributed by atoms with Crippen molar-refractivity contribution in [3.63, 3.8) is 0 Å². The number of halogens is 1. The van der Waals surface area contributed by atoms with Gasteiger partial charge in [-0.2, -0.15) is 4.68 Å². The third-order valence-electron chi connectivity index (χ3n) is 2.03. The van der Waals surface area contributed by atoms with E-state index in [0.717, 1.165) is 16.5 Å². The summed E-state index contributed by atoms with van der Waals surface area (Å²) in [6, 6.07) is 0. The number of nitro groups is 1. The first-order chi connectivity index (χ1) is 7.75. The normalized spacial score (nSPS) is 11.4. The van der Waals surface area contributed by atoms with Crippen molar-refractivity contribution in [2.24, 2.45) is 0 Å². The molecule has 0 saturated heterocycles. The van der Waals surface area contributed by atoms with Gasteiger partial charge in [0.2, 0.25) is 4.90 Å². The largest absolute Gasteiger partial charge is 0.410 e. The lowest BCUT2D eigenvalue weighted by Gasteiger charge is -1.97. The Morgan fingerprint density at radius 2 is 2.29 bits per heavy atom. The third-order valence-corrected chi connectivity index (χ3v) is 3.34. The summed E-state index contributed by atoms with van der Waals surface area (Å²) >= 11 is 0. The van der Waals surface area contributed by atoms with Crippen LogP contribution < -0.4 is 0 Å². The van der Waals surface area contributed by atoms with Gasteiger partial charge >= 0.3 is 5.82 Å². The molecule has 7 nitrogen and oxygen atoms in total. The van der Waals surface area contributed by atoms with E-state index >= 15 is 0 Å². The van der Waals surface area contributed by atoms with Crippen LogP contribution in [0.2, 0.25) is 0 Å². The minimum Gasteiger partial charge on any atom is -0.358 e. The van der Waals surface area contributed by atoms with Crippen molar-refractivity contribution in [3.8, 4) is 0 Å². The Morgan fingerprint density at radius 1 is 1.71 bits per heavy atom. The second-order valence-electron chi connectivity index (χ2n) is 3.31. The molecular weight excluding hydrogens is 270 g/mol. The molecule has 1 heterocycles. The molecular formula is C8H10ClN3O4S. The summed E-state index contributed by atoms with van der Waals surface area (Å²) in [6.07, 6.45) is 1.69. The summed E-state index contributed by atoms with van der Waals surface area (Å²) in [7, 11) is 0.901. The van der Waals surface area contributed by atoms with Crippen molar-refractivity contribution < 1.29 is 13.3 Å². The summed E-state index contributed by atoms with van der Waals surface area (Å²) in [6.45, 7) is 5.77. The Bertz CT molecular complexity index is 563. The summed E-state index contributed by atoms with van der Waals surface area (Å²) in [4.78, 5) is 9.13. The quantitative estimate of drug-likeness (QED) is 0.354. The molecule has 0 aliphatic heterocycles. The predicted octanol–water partition coefficient (Wildman–Crippen LogP) is 1.69. The molecule has 17 heavy (non-hydrogen) atoms. The molecule has 0 aliphatic carbocycles. The van der Waals surface area contributed by atoms with Crippen molar-refractivity contribution in [1.82, 2.24) is 9.78 Å². The van der Waals surface area contributed by atoms with E-state index in [2.05, 4.69) is 11.7 Å². The smallest absolute Gasteiger partial charge is 0.358 e. The first-order valence-electron chi connectivity index (χ1n) is 4.58. The molecule has 0 aliphatic rings. The second kappa shape index (κ2) is 4.84. The fourth-order valence-corrected chi connectivity index (χ4v) is 2.02. The van der Waals surface area contributed by atoms with Crippen LogP contribution in [-0.4, -0.2) is 23.1 Å². The molecule has 0 spiro atoms. The Kier molecular flexibility index (Phi) is 3.89. The average molecular weight is 280 g/mol. The van der Waals surface area contributed by atoms with E-state index in [4.69, 9.17) is 10.7 Å². The van der Waals surface area contributed by atoms with Gasteiger partial charge in [0, 0.05) is 10.7 Å². The number of allylic oxidation sites excluding steroid dienone is 1. The van der Waals surface area contributed by atoms with E-state index in [1.165, 1.54) is 0 Å². The zero-order chi connectivity index (χ0) is 13.2. The van der Waals surface area contributed by atoms with E-state index in [-0.39, 0.29) is 6.54 Å². The zero-order valence-corrected chi connectivity index (χ0v) is 10.5. The van der Waals surface area contributed by atoms with Crippen molar-refractivity contribution in [1.29, 1.82) is 0 Å². The lowest BCUT2D eigenvalue weighted by molar-refractivity contribution is -0.392. The SMILES string of the molecule is C=C(CC)Cn1cc(S(=O)(=O)Cl)c([N+](=O)[O-])n1. The van der Waals surface area contributed by atoms with Crippen LogP contribution in [0.5, 0.6) is 0 Å². The fraction of sp³-hybridized carbons (Fsp3) is 0.375. The van der Waals surface area contributed by atoms with Crippen LogP contribution >= 0.6 is 10.7 Å². The number of rotatable bonds is 5. The van der Waals surface area contributed by atoms with E-state index in [1.54, 1.807) is 0 Å². The summed E-state index contributed by atoms with van der Waals surface area (Å²) < 4.78 is 23.4. The number of hydrogen-bond acceptors (Lipinski definition) is 5. The van der Waals surface area contributed by atoms with Gasteiger partial charge in [-0.25, -0.2) is 8.42 Å². The highest BCUT2D eigenvalue weighted by atomic mass is 35.7. The van der Waals surface area contributed by atoms with Crippen LogP contribution in [0.25, 0.3) is 0 Å². The maximum atomic E-state index is 11.1. The number of aromatic nitrogens is 2. The molecule has 0 unspecified atom stereocenters. The van der Waals surface area contributed by atoms with Gasteiger partial charge in [-0.05, 0) is 11.3 Å². The summed E-state index contributed by atoms with van der Waals surface area (Å²) in [5.41, 5.74) is 0.765. The maximum Gasteiger partial charge on any atom is 0.410 e. The van der Waals surface area contributed by atoms with E-state index < -0.39 is 24.7 Å². The van der Waals surface area contributed by atoms with Crippen molar-refractivity contribution in [3.05, 3.63) is 28.5 Å². The van der Waals surface area contributed by atoms with E-state index in [9.17, 15) is 18.5 Å². The lowest BCUT2D eigenvalue weighted by Crippen LogP contribution is -2.01. The minimum atomic E-state index is -4.18. The molecule has 94 valence electrons. The molecule has 1 rings (SSSR count). The molecule has 9 heteroatoms. The van der Waals surface area contributed by atoms with Gasteiger partial charge in [-0.3, -0.25) is 0 Å². The van der Waals surface area contributed by atoms with Crippen LogP contribution in [0.4, 0.5) is 5.82 Å². The molecule has 1 aromatic rings. The number of nitrogens with zero attached hydrogens (tertiary/aromatic N) is 3. The highest BCUT2D eigenvalue weighted by Crippen LogP contribution is 2.25. The van der Waals surface area contributed by atoms with E-state index in [1.807, 2.05) is 6.92 Å². The minimum absolute atomic E-state index is 0.212. The monoisotopic (exact) mass is 279 g/mol. The molecule has 0 aromatic carbocycles. The zero-order valence-electron chi connectivity index (χ0n) is 8.96. The summed E-state index contributed by atoms with van der Waals surface area (Å²) in [5, 5.41) is 14.2. The predicted molar refractivity (Wildman–Crippen MR) is 61.4 cm³/mol. The first kappa shape index (κ1) is 13.7. The molecule has 0 atom stereocenters. The van der Waals surface area contributed by atoms with Gasteiger partial charge < -0.3 is 10.1 Å². The molecule has 0 bridgehead atoms. The third kappa shape index (κ3) is 3.27. The van der Waals surface area contributed by atoms with Gasteiger partial charge in [-0.1, -0.05) is 19.1 Å². The van der Waals surface area contributed by atoms with Crippen LogP contribution in [0, 0.1) is 10.1 Å². The lowest BCUT2D eigenvalue weighted by atomic mass is 10.2. The summed E-state index contributed by atoms with van der Waals surface area (Å²) in [5.74, 6) is -0.774. The Balaban J connectivity index is 3.23. The Labute approximate surface area is 102 Å². The molecule has 0 radical (unpaired) electrons. The van der Waals surface area contributed by atoms with Crippen molar-refractivity contribution >= 4 is 25.6 Å². The Hall–Kier alpha value is -1.41. The topological polar surface area (TPSA) is 95.1 Å². The van der Waals surface area contributed by atoms with Crippen molar-refractivity contribution in [2.75, 3.05) is 0 Å². The fourth-order valence-electron chi connectivity index (χ4n) is 1.11. The van der Waals surface area contributed by atoms with Crippen LogP contribution in [-0.2, 0) is 15.6 Å². The second-order valence-corrected chi connectivity index (χ2v) is 5.85. The standard InChI is InChI=1S/C8H10ClN3O4S/c1-3-6(2)4-11-5-7(17(9,15)16)8(10-11)12(13)14/h5H,2-4H2,1H3. The number of hydrogen-bond donors (Lipinski definition) is 0. The van der Waals surface area contributed by atoms with Crippen LogP contribution in [0.3, 0.4) is 0 Å². The first-order valence-corrected chi connectivity index (χ1v) is 6.89. The molecule has 0 N–H and O–H groups in total. The van der Waals surface area contributed by atoms with Gasteiger partial charge in [0.25, 0.3) is 9.05 Å². The molecule has 0 saturated carbocycles. The van der Waals surface area contributed by atoms with Gasteiger partial charge in [0.15, 0.2) is 0 Å². The molecule has 0 amide bonds. The highest BCUT2D eigenvalue weighted by molar-refractivity contribution is 8.13. The van der Waals surface area contributed by atoms with Crippen LogP contribution in [0.15, 0.2) is 23.2 Å². The highest BCUT2D eigenvalue weighted by Gasteiger charge is 2.29. The van der Waals surface area contributed by atoms with Crippen LogP contribution in [0.1, 0.15) is 13.3 Å².